The van der Waals surface area contributed by atoms with E-state index in [1.165, 1.54) is 40.1 Å². The molecule has 0 bridgehead atoms. The number of pyridine rings is 2. The number of anilines is 1. The average molecular weight is 529 g/mol. The van der Waals surface area contributed by atoms with Crippen LogP contribution in [0.15, 0.2) is 89.9 Å². The quantitative estimate of drug-likeness (QED) is 0.382. The normalized spacial score (nSPS) is 14.7. The monoisotopic (exact) mass is 528 g/mol. The zero-order valence-electron chi connectivity index (χ0n) is 21.1. The van der Waals surface area contributed by atoms with Crippen LogP contribution in [0.1, 0.15) is 34.1 Å². The van der Waals surface area contributed by atoms with Crippen molar-refractivity contribution in [1.29, 1.82) is 0 Å². The van der Waals surface area contributed by atoms with Gasteiger partial charge >= 0.3 is 0 Å². The summed E-state index contributed by atoms with van der Waals surface area (Å²) in [4.78, 5) is 48.6. The maximum atomic E-state index is 13.7. The summed E-state index contributed by atoms with van der Waals surface area (Å²) in [5.41, 5.74) is 5.61. The molecule has 4 heterocycles. The maximum Gasteiger partial charge on any atom is 0.275 e. The molecule has 1 amide bonds. The first kappa shape index (κ1) is 25.8. The third-order valence-corrected chi connectivity index (χ3v) is 6.36. The number of nitrogens with zero attached hydrogens (tertiary/aromatic N) is 3. The van der Waals surface area contributed by atoms with Crippen molar-refractivity contribution < 1.29 is 18.9 Å². The average Bonchev–Trinajstić information content (AvgIpc) is 3.43. The van der Waals surface area contributed by atoms with E-state index in [1.807, 2.05) is 6.08 Å². The smallest absolute Gasteiger partial charge is 0.275 e. The molecule has 1 aromatic carbocycles. The van der Waals surface area contributed by atoms with E-state index < -0.39 is 17.4 Å². The van der Waals surface area contributed by atoms with Crippen LogP contribution in [0, 0.1) is 5.82 Å². The lowest BCUT2D eigenvalue weighted by atomic mass is 10.0. The van der Waals surface area contributed by atoms with Gasteiger partial charge in [0.25, 0.3) is 5.56 Å². The van der Waals surface area contributed by atoms with Crippen LogP contribution in [0.4, 0.5) is 10.1 Å². The first-order chi connectivity index (χ1) is 18.8. The Morgan fingerprint density at radius 1 is 1.13 bits per heavy atom. The second kappa shape index (κ2) is 10.9. The molecule has 2 aliphatic rings. The van der Waals surface area contributed by atoms with Crippen LogP contribution in [0.25, 0.3) is 5.57 Å². The molecule has 0 spiro atoms. The number of halogens is 1. The van der Waals surface area contributed by atoms with Gasteiger partial charge in [-0.3, -0.25) is 19.4 Å². The molecule has 2 aliphatic heterocycles. The number of likely N-dealkylation sites (N-methyl/N-ethyl adjacent to an activating group) is 1. The van der Waals surface area contributed by atoms with Crippen LogP contribution < -0.4 is 21.7 Å². The van der Waals surface area contributed by atoms with E-state index in [1.54, 1.807) is 56.8 Å². The molecule has 0 radical (unpaired) electrons. The van der Waals surface area contributed by atoms with Crippen LogP contribution >= 0.6 is 0 Å². The Balaban J connectivity index is 1.53. The second-order valence-corrected chi connectivity index (χ2v) is 8.96. The van der Waals surface area contributed by atoms with Crippen molar-refractivity contribution in [3.8, 4) is 0 Å². The molecule has 2 aromatic heterocycles. The molecule has 39 heavy (non-hydrogen) atoms. The van der Waals surface area contributed by atoms with E-state index >= 15 is 0 Å². The highest BCUT2D eigenvalue weighted by Gasteiger charge is 2.21. The lowest BCUT2D eigenvalue weighted by molar-refractivity contribution is -0.117. The molecule has 5 rings (SSSR count). The molecule has 10 nitrogen and oxygen atoms in total. The van der Waals surface area contributed by atoms with Crippen LogP contribution in [0.3, 0.4) is 0 Å². The minimum absolute atomic E-state index is 0.0691. The minimum Gasteiger partial charge on any atom is -0.320 e. The molecule has 0 fully saturated rings. The number of nitrogens with one attached hydrogen (secondary N) is 3. The summed E-state index contributed by atoms with van der Waals surface area (Å²) in [7, 11) is 1.65. The predicted molar refractivity (Wildman–Crippen MR) is 142 cm³/mol. The number of hydrogen-bond donors (Lipinski definition) is 3. The standard InChI is InChI=1S/C28H25FN6O4/c1-17(30-2)27(37)33-24-7-8-25(20-9-10-35-23(12-20)15-32-39-35)34(28(24)38)16-18-11-21(14-31-13-18)26(36)19-3-5-22(29)6-4-19/h3-15,17,30,32H,16H2,1-2H3,(H,33,37)/t17-/m0/s1. The Morgan fingerprint density at radius 2 is 1.92 bits per heavy atom. The number of rotatable bonds is 8. The zero-order chi connectivity index (χ0) is 27.5. The topological polar surface area (TPSA) is 118 Å². The number of carbonyl (C=O) groups excluding carboxylic acids is 2. The molecule has 3 aromatic rings. The number of hydroxylamine groups is 3. The van der Waals surface area contributed by atoms with Gasteiger partial charge in [0.1, 0.15) is 11.5 Å². The third-order valence-electron chi connectivity index (χ3n) is 6.36. The summed E-state index contributed by atoms with van der Waals surface area (Å²) >= 11 is 0. The van der Waals surface area contributed by atoms with Crippen molar-refractivity contribution >= 4 is 23.0 Å². The van der Waals surface area contributed by atoms with Crippen LogP contribution in [-0.2, 0) is 16.3 Å². The molecule has 0 saturated carbocycles. The summed E-state index contributed by atoms with van der Waals surface area (Å²) in [6.45, 7) is 1.76. The Hall–Kier alpha value is -4.87. The first-order valence-corrected chi connectivity index (χ1v) is 12.1. The largest absolute Gasteiger partial charge is 0.320 e. The number of carbonyl (C=O) groups is 2. The van der Waals surface area contributed by atoms with E-state index in [2.05, 4.69) is 21.1 Å². The van der Waals surface area contributed by atoms with E-state index in [9.17, 15) is 18.8 Å². The number of amides is 1. The molecular formula is C28H25FN6O4. The molecule has 11 heteroatoms. The number of hydrogen-bond acceptors (Lipinski definition) is 8. The Kier molecular flexibility index (Phi) is 7.17. The lowest BCUT2D eigenvalue weighted by Crippen LogP contribution is -2.38. The van der Waals surface area contributed by atoms with Crippen LogP contribution in [0.2, 0.25) is 0 Å². The molecular weight excluding hydrogens is 503 g/mol. The van der Waals surface area contributed by atoms with Gasteiger partial charge in [-0.25, -0.2) is 14.9 Å². The number of benzene rings is 1. The van der Waals surface area contributed by atoms with E-state index in [0.29, 0.717) is 22.4 Å². The fourth-order valence-corrected chi connectivity index (χ4v) is 4.10. The van der Waals surface area contributed by atoms with Gasteiger partial charge in [-0.1, -0.05) is 0 Å². The highest BCUT2D eigenvalue weighted by Crippen LogP contribution is 2.27. The van der Waals surface area contributed by atoms with E-state index in [-0.39, 0.29) is 23.9 Å². The van der Waals surface area contributed by atoms with Crippen molar-refractivity contribution in [2.75, 3.05) is 12.4 Å². The van der Waals surface area contributed by atoms with Gasteiger partial charge in [0.05, 0.1) is 30.2 Å². The third kappa shape index (κ3) is 5.40. The van der Waals surface area contributed by atoms with Crippen LogP contribution in [-0.4, -0.2) is 39.4 Å². The molecule has 3 N–H and O–H groups in total. The van der Waals surface area contributed by atoms with Gasteiger partial charge in [0.2, 0.25) is 5.91 Å². The van der Waals surface area contributed by atoms with Crippen molar-refractivity contribution in [3.05, 3.63) is 124 Å². The fraction of sp³-hybridized carbons (Fsp3) is 0.143. The van der Waals surface area contributed by atoms with Gasteiger partial charge in [-0.05, 0) is 74.2 Å². The van der Waals surface area contributed by atoms with Crippen molar-refractivity contribution in [3.63, 3.8) is 0 Å². The van der Waals surface area contributed by atoms with Gasteiger partial charge in [-0.15, -0.1) is 0 Å². The van der Waals surface area contributed by atoms with E-state index in [0.717, 1.165) is 11.3 Å². The summed E-state index contributed by atoms with van der Waals surface area (Å²) < 4.78 is 14.8. The zero-order valence-corrected chi connectivity index (χ0v) is 21.1. The van der Waals surface area contributed by atoms with Gasteiger partial charge in [-0.2, -0.15) is 4.94 Å². The molecule has 0 aliphatic carbocycles. The number of ketones is 1. The number of fused-ring (bicyclic) bond motifs is 1. The van der Waals surface area contributed by atoms with Crippen LogP contribution in [0.5, 0.6) is 0 Å². The highest BCUT2D eigenvalue weighted by atomic mass is 19.1. The van der Waals surface area contributed by atoms with Gasteiger partial charge in [0, 0.05) is 35.3 Å². The summed E-state index contributed by atoms with van der Waals surface area (Å²) in [5.74, 6) is -1.11. The Morgan fingerprint density at radius 3 is 2.69 bits per heavy atom. The second-order valence-electron chi connectivity index (χ2n) is 8.96. The summed E-state index contributed by atoms with van der Waals surface area (Å²) in [5, 5.41) is 7.07. The number of allylic oxidation sites excluding steroid dienone is 3. The summed E-state index contributed by atoms with van der Waals surface area (Å²) in [6, 6.07) is 9.72. The summed E-state index contributed by atoms with van der Waals surface area (Å²) in [6.07, 6.45) is 10.0. The number of aromatic nitrogens is 2. The SMILES string of the molecule is CN[C@@H](C)C(=O)Nc1ccc(C2=CC3=CNON3C=C2)n(Cc2cncc(C(=O)c3ccc(F)cc3)c2)c1=O. The van der Waals surface area contributed by atoms with Crippen molar-refractivity contribution in [2.45, 2.75) is 19.5 Å². The predicted octanol–water partition coefficient (Wildman–Crippen LogP) is 2.71. The molecule has 0 unspecified atom stereocenters. The molecule has 1 atom stereocenters. The maximum absolute atomic E-state index is 13.7. The first-order valence-electron chi connectivity index (χ1n) is 12.1. The molecule has 0 saturated heterocycles. The Labute approximate surface area is 223 Å². The highest BCUT2D eigenvalue weighted by molar-refractivity contribution is 6.08. The molecule has 198 valence electrons. The fourth-order valence-electron chi connectivity index (χ4n) is 4.10. The Bertz CT molecular complexity index is 1590. The van der Waals surface area contributed by atoms with Gasteiger partial charge < -0.3 is 15.2 Å². The minimum atomic E-state index is -0.507. The van der Waals surface area contributed by atoms with Crippen molar-refractivity contribution in [2.24, 2.45) is 0 Å². The lowest BCUT2D eigenvalue weighted by Gasteiger charge is -2.21. The van der Waals surface area contributed by atoms with E-state index in [4.69, 9.17) is 4.94 Å². The van der Waals surface area contributed by atoms with Gasteiger partial charge in [0.15, 0.2) is 5.78 Å². The van der Waals surface area contributed by atoms with Crippen molar-refractivity contribution in [1.82, 2.24) is 25.4 Å².